The first-order valence-electron chi connectivity index (χ1n) is 15.6. The number of piperidine rings is 1. The average molecular weight is 639 g/mol. The van der Waals surface area contributed by atoms with Crippen LogP contribution in [0, 0.1) is 19.8 Å². The molecule has 6 rings (SSSR count). The van der Waals surface area contributed by atoms with Crippen LogP contribution in [0.5, 0.6) is 0 Å². The van der Waals surface area contributed by atoms with E-state index in [4.69, 9.17) is 4.52 Å². The molecule has 10 nitrogen and oxygen atoms in total. The number of aryl methyl sites for hydroxylation is 1. The number of nitrogens with one attached hydrogen (secondary N) is 1. The van der Waals surface area contributed by atoms with E-state index >= 15 is 0 Å². The minimum atomic E-state index is -3.57. The summed E-state index contributed by atoms with van der Waals surface area (Å²) in [6, 6.07) is 9.91. The summed E-state index contributed by atoms with van der Waals surface area (Å²) in [4.78, 5) is 12.0. The Morgan fingerprint density at radius 2 is 1.86 bits per heavy atom. The molecule has 0 bridgehead atoms. The summed E-state index contributed by atoms with van der Waals surface area (Å²) >= 11 is 1.23. The highest BCUT2D eigenvalue weighted by atomic mass is 32.2. The van der Waals surface area contributed by atoms with Gasteiger partial charge in [-0.1, -0.05) is 30.1 Å². The van der Waals surface area contributed by atoms with Gasteiger partial charge in [-0.25, -0.2) is 18.4 Å². The molecule has 1 aliphatic heterocycles. The van der Waals surface area contributed by atoms with E-state index < -0.39 is 16.3 Å². The lowest BCUT2D eigenvalue weighted by atomic mass is 9.91. The van der Waals surface area contributed by atoms with Gasteiger partial charge in [-0.2, -0.15) is 4.31 Å². The number of hydrogen-bond acceptors (Lipinski definition) is 10. The third-order valence-electron chi connectivity index (χ3n) is 9.46. The number of thiophene rings is 1. The minimum Gasteiger partial charge on any atom is -0.374 e. The summed E-state index contributed by atoms with van der Waals surface area (Å²) < 4.78 is 34.3. The van der Waals surface area contributed by atoms with E-state index in [2.05, 4.69) is 32.3 Å². The zero-order valence-corrected chi connectivity index (χ0v) is 27.5. The number of aliphatic hydroxyl groups is 1. The van der Waals surface area contributed by atoms with Crippen LogP contribution in [-0.4, -0.2) is 70.1 Å². The van der Waals surface area contributed by atoms with E-state index in [1.807, 2.05) is 39.1 Å². The Kier molecular flexibility index (Phi) is 9.07. The fourth-order valence-electron chi connectivity index (χ4n) is 6.70. The van der Waals surface area contributed by atoms with Crippen LogP contribution in [-0.2, 0) is 10.0 Å². The lowest BCUT2D eigenvalue weighted by Gasteiger charge is -2.32. The third kappa shape index (κ3) is 6.15. The van der Waals surface area contributed by atoms with Crippen LogP contribution in [0.25, 0.3) is 21.5 Å². The van der Waals surface area contributed by atoms with Gasteiger partial charge in [0, 0.05) is 41.7 Å². The number of rotatable bonds is 10. The Morgan fingerprint density at radius 3 is 2.57 bits per heavy atom. The molecule has 3 aromatic heterocycles. The highest BCUT2D eigenvalue weighted by Crippen LogP contribution is 2.37. The Balaban J connectivity index is 1.07. The highest BCUT2D eigenvalue weighted by molar-refractivity contribution is 7.91. The molecule has 1 unspecified atom stereocenters. The number of sulfonamides is 1. The van der Waals surface area contributed by atoms with Crippen molar-refractivity contribution in [3.63, 3.8) is 0 Å². The molecule has 2 N–H and O–H groups in total. The normalized spacial score (nSPS) is 18.8. The lowest BCUT2D eigenvalue weighted by Crippen LogP contribution is -2.39. The first kappa shape index (κ1) is 31.1. The van der Waals surface area contributed by atoms with Crippen LogP contribution in [0.1, 0.15) is 74.9 Å². The lowest BCUT2D eigenvalue weighted by molar-refractivity contribution is -0.00552. The number of aromatic nitrogens is 3. The van der Waals surface area contributed by atoms with Gasteiger partial charge in [0.2, 0.25) is 0 Å². The monoisotopic (exact) mass is 638 g/mol. The molecule has 2 aliphatic rings. The maximum atomic E-state index is 13.5. The van der Waals surface area contributed by atoms with Crippen LogP contribution in [0.4, 0.5) is 5.82 Å². The summed E-state index contributed by atoms with van der Waals surface area (Å²) in [6.07, 6.45) is 7.99. The predicted octanol–water partition coefficient (Wildman–Crippen LogP) is 6.12. The van der Waals surface area contributed by atoms with Crippen LogP contribution in [0.3, 0.4) is 0 Å². The van der Waals surface area contributed by atoms with Gasteiger partial charge in [0.25, 0.3) is 10.0 Å². The van der Waals surface area contributed by atoms with E-state index in [-0.39, 0.29) is 6.04 Å². The molecule has 4 heterocycles. The van der Waals surface area contributed by atoms with Crippen molar-refractivity contribution in [2.24, 2.45) is 5.92 Å². The average Bonchev–Trinajstić information content (AvgIpc) is 3.80. The van der Waals surface area contributed by atoms with Crippen molar-refractivity contribution < 1.29 is 18.0 Å². The first-order chi connectivity index (χ1) is 21.1. The number of aliphatic hydroxyl groups excluding tert-OH is 1. The summed E-state index contributed by atoms with van der Waals surface area (Å²) in [5.74, 6) is 1.79. The summed E-state index contributed by atoms with van der Waals surface area (Å²) in [5, 5.41) is 19.7. The molecule has 1 saturated carbocycles. The molecule has 12 heteroatoms. The largest absolute Gasteiger partial charge is 0.374 e. The van der Waals surface area contributed by atoms with Gasteiger partial charge in [-0.15, -0.1) is 11.3 Å². The topological polar surface area (TPSA) is 125 Å². The summed E-state index contributed by atoms with van der Waals surface area (Å²) in [6.45, 7) is 6.95. The molecule has 44 heavy (non-hydrogen) atoms. The van der Waals surface area contributed by atoms with Crippen molar-refractivity contribution in [3.05, 3.63) is 53.5 Å². The molecule has 1 saturated heterocycles. The zero-order valence-electron chi connectivity index (χ0n) is 25.9. The van der Waals surface area contributed by atoms with Crippen molar-refractivity contribution >= 4 is 38.1 Å². The number of fused-ring (bicyclic) bond motifs is 1. The highest BCUT2D eigenvalue weighted by Gasteiger charge is 2.32. The molecule has 1 aliphatic carbocycles. The van der Waals surface area contributed by atoms with Gasteiger partial charge in [0.15, 0.2) is 5.76 Å². The van der Waals surface area contributed by atoms with Crippen molar-refractivity contribution in [3.8, 4) is 10.6 Å². The summed E-state index contributed by atoms with van der Waals surface area (Å²) in [7, 11) is -1.57. The number of hydrogen-bond donors (Lipinski definition) is 2. The zero-order chi connectivity index (χ0) is 31.0. The molecule has 4 aromatic rings. The molecule has 0 spiro atoms. The molecular formula is C32H42N6O4S2. The van der Waals surface area contributed by atoms with E-state index in [1.165, 1.54) is 24.2 Å². The van der Waals surface area contributed by atoms with E-state index in [9.17, 15) is 13.5 Å². The standard InChI is InChI=1S/C32H42N6O4S2/c1-20(35-31-25-10-7-11-26(29(25)33-19-34-31)32(39)37(4)24-8-5-6-9-24)18-23-14-16-38(17-15-23)44(40,41)28-13-12-27(43-28)30-21(2)22(3)36-42-30/h7,10-13,19-20,23-24,32,39H,5-6,8-9,14-18H2,1-4H3,(H,33,34,35)/t20-,32?/m0/s1. The molecule has 0 radical (unpaired) electrons. The molecule has 2 fully saturated rings. The second-order valence-corrected chi connectivity index (χ2v) is 15.7. The SMILES string of the molecule is Cc1noc(-c2ccc(S(=O)(=O)N3CCC(C[C@H](C)Nc4ncnc5c(C(O)N(C)C6CCCC6)cccc45)CC3)s2)c1C. The van der Waals surface area contributed by atoms with Crippen molar-refractivity contribution in [1.82, 2.24) is 24.3 Å². The van der Waals surface area contributed by atoms with E-state index in [0.717, 1.165) is 70.5 Å². The van der Waals surface area contributed by atoms with Crippen molar-refractivity contribution in [2.75, 3.05) is 25.5 Å². The van der Waals surface area contributed by atoms with Crippen LogP contribution in [0.2, 0.25) is 0 Å². The number of nitrogens with zero attached hydrogens (tertiary/aromatic N) is 5. The van der Waals surface area contributed by atoms with Gasteiger partial charge in [0.1, 0.15) is 22.6 Å². The van der Waals surface area contributed by atoms with Crippen LogP contribution in [0.15, 0.2) is 45.4 Å². The Morgan fingerprint density at radius 1 is 1.11 bits per heavy atom. The molecular weight excluding hydrogens is 597 g/mol. The van der Waals surface area contributed by atoms with Gasteiger partial charge in [-0.3, -0.25) is 4.90 Å². The third-order valence-corrected chi connectivity index (χ3v) is 12.9. The second-order valence-electron chi connectivity index (χ2n) is 12.4. The maximum Gasteiger partial charge on any atom is 0.252 e. The smallest absolute Gasteiger partial charge is 0.252 e. The number of benzene rings is 1. The molecule has 0 amide bonds. The quantitative estimate of drug-likeness (QED) is 0.198. The number of anilines is 1. The van der Waals surface area contributed by atoms with Gasteiger partial charge < -0.3 is 14.9 Å². The molecule has 236 valence electrons. The first-order valence-corrected chi connectivity index (χ1v) is 17.8. The minimum absolute atomic E-state index is 0.129. The van der Waals surface area contributed by atoms with Crippen LogP contribution >= 0.6 is 11.3 Å². The van der Waals surface area contributed by atoms with E-state index in [1.54, 1.807) is 22.8 Å². The van der Waals surface area contributed by atoms with E-state index in [0.29, 0.717) is 35.0 Å². The molecule has 1 aromatic carbocycles. The fourth-order valence-corrected chi connectivity index (χ4v) is 9.66. The Hall–Kier alpha value is -2.90. The fraction of sp³-hybridized carbons (Fsp3) is 0.531. The maximum absolute atomic E-state index is 13.5. The Bertz CT molecular complexity index is 1710. The van der Waals surface area contributed by atoms with Gasteiger partial charge in [-0.05, 0) is 84.0 Å². The van der Waals surface area contributed by atoms with Gasteiger partial charge in [0.05, 0.1) is 16.1 Å². The molecule has 2 atom stereocenters. The summed E-state index contributed by atoms with van der Waals surface area (Å²) in [5.41, 5.74) is 3.30. The van der Waals surface area contributed by atoms with Crippen molar-refractivity contribution in [2.45, 2.75) is 88.2 Å². The van der Waals surface area contributed by atoms with Gasteiger partial charge >= 0.3 is 0 Å². The Labute approximate surface area is 263 Å². The van der Waals surface area contributed by atoms with Crippen LogP contribution < -0.4 is 5.32 Å². The van der Waals surface area contributed by atoms with Crippen molar-refractivity contribution in [1.29, 1.82) is 0 Å². The predicted molar refractivity (Wildman–Crippen MR) is 173 cm³/mol. The second kappa shape index (κ2) is 12.8. The number of para-hydroxylation sites is 1.